The molecule has 0 atom stereocenters. The minimum atomic E-state index is 0.396. The molecule has 1 heterocycles. The zero-order valence-corrected chi connectivity index (χ0v) is 13.3. The van der Waals surface area contributed by atoms with Gasteiger partial charge >= 0.3 is 0 Å². The van der Waals surface area contributed by atoms with Crippen molar-refractivity contribution in [1.29, 1.82) is 0 Å². The zero-order chi connectivity index (χ0) is 14.6. The summed E-state index contributed by atoms with van der Waals surface area (Å²) >= 11 is 5.08. The fraction of sp³-hybridized carbons (Fsp3) is 0.692. The first-order valence-corrected chi connectivity index (χ1v) is 7.03. The van der Waals surface area contributed by atoms with Crippen LogP contribution >= 0.6 is 12.2 Å². The number of rotatable bonds is 7. The normalized spacial score (nSPS) is 11.3. The highest BCUT2D eigenvalue weighted by Crippen LogP contribution is 2.18. The first-order chi connectivity index (χ1) is 8.84. The third-order valence-electron chi connectivity index (χ3n) is 3.33. The lowest BCUT2D eigenvalue weighted by Gasteiger charge is -2.21. The van der Waals surface area contributed by atoms with Gasteiger partial charge in [-0.05, 0) is 40.8 Å². The van der Waals surface area contributed by atoms with Crippen molar-refractivity contribution in [2.24, 2.45) is 12.8 Å². The Kier molecular flexibility index (Phi) is 5.75. The predicted molar refractivity (Wildman–Crippen MR) is 84.7 cm³/mol. The molecule has 0 aliphatic carbocycles. The van der Waals surface area contributed by atoms with E-state index in [1.807, 2.05) is 14.0 Å². The van der Waals surface area contributed by atoms with Crippen LogP contribution in [0.2, 0.25) is 0 Å². The van der Waals surface area contributed by atoms with Gasteiger partial charge in [-0.1, -0.05) is 12.2 Å². The van der Waals surface area contributed by atoms with E-state index in [0.29, 0.717) is 11.0 Å². The summed E-state index contributed by atoms with van der Waals surface area (Å²) in [6.07, 6.45) is 1.07. The molecular weight excluding hydrogens is 258 g/mol. The summed E-state index contributed by atoms with van der Waals surface area (Å²) in [5, 5.41) is 7.73. The van der Waals surface area contributed by atoms with Crippen LogP contribution in [0, 0.1) is 6.92 Å². The summed E-state index contributed by atoms with van der Waals surface area (Å²) in [6.45, 7) is 8.26. The molecule has 0 fully saturated rings. The molecule has 0 saturated carbocycles. The molecule has 1 aromatic rings. The standard InChI is InChI=1S/C13H25N5S/c1-9(2)17(4)8-6-7-15-13-11(12(14)19)10(3)16-18(13)5/h9,15H,6-8H2,1-5H3,(H2,14,19). The van der Waals surface area contributed by atoms with Crippen molar-refractivity contribution in [2.45, 2.75) is 33.2 Å². The van der Waals surface area contributed by atoms with E-state index in [1.165, 1.54) is 0 Å². The third kappa shape index (κ3) is 4.18. The summed E-state index contributed by atoms with van der Waals surface area (Å²) in [5.41, 5.74) is 7.48. The lowest BCUT2D eigenvalue weighted by atomic mass is 10.2. The Morgan fingerprint density at radius 2 is 2.16 bits per heavy atom. The molecule has 5 nitrogen and oxygen atoms in total. The molecule has 0 aliphatic rings. The van der Waals surface area contributed by atoms with Gasteiger partial charge in [-0.15, -0.1) is 0 Å². The Bertz CT molecular complexity index is 438. The molecule has 6 heteroatoms. The molecule has 1 aromatic heterocycles. The molecule has 0 aromatic carbocycles. The molecule has 0 radical (unpaired) electrons. The molecular formula is C13H25N5S. The van der Waals surface area contributed by atoms with Crippen molar-refractivity contribution >= 4 is 23.0 Å². The van der Waals surface area contributed by atoms with Gasteiger partial charge in [0.2, 0.25) is 0 Å². The van der Waals surface area contributed by atoms with Crippen LogP contribution in [0.1, 0.15) is 31.5 Å². The van der Waals surface area contributed by atoms with Gasteiger partial charge < -0.3 is 16.0 Å². The number of nitrogens with two attached hydrogens (primary N) is 1. The van der Waals surface area contributed by atoms with Crippen LogP contribution in [-0.2, 0) is 7.05 Å². The van der Waals surface area contributed by atoms with Crippen molar-refractivity contribution in [3.63, 3.8) is 0 Å². The molecule has 0 bridgehead atoms. The predicted octanol–water partition coefficient (Wildman–Crippen LogP) is 1.50. The van der Waals surface area contributed by atoms with Crippen molar-refractivity contribution < 1.29 is 0 Å². The SMILES string of the molecule is Cc1nn(C)c(NCCCN(C)C(C)C)c1C(N)=S. The highest BCUT2D eigenvalue weighted by molar-refractivity contribution is 7.80. The van der Waals surface area contributed by atoms with Crippen LogP contribution in [-0.4, -0.2) is 45.8 Å². The van der Waals surface area contributed by atoms with E-state index in [4.69, 9.17) is 18.0 Å². The molecule has 108 valence electrons. The Morgan fingerprint density at radius 3 is 2.68 bits per heavy atom. The fourth-order valence-corrected chi connectivity index (χ4v) is 2.19. The fourth-order valence-electron chi connectivity index (χ4n) is 1.95. The second-order valence-corrected chi connectivity index (χ2v) is 5.59. The largest absolute Gasteiger partial charge is 0.389 e. The van der Waals surface area contributed by atoms with Crippen molar-refractivity contribution in [3.05, 3.63) is 11.3 Å². The second-order valence-electron chi connectivity index (χ2n) is 5.15. The van der Waals surface area contributed by atoms with E-state index in [2.05, 4.69) is 36.2 Å². The Hall–Kier alpha value is -1.14. The van der Waals surface area contributed by atoms with E-state index < -0.39 is 0 Å². The van der Waals surface area contributed by atoms with Gasteiger partial charge in [0.05, 0.1) is 11.3 Å². The van der Waals surface area contributed by atoms with E-state index in [-0.39, 0.29) is 0 Å². The number of anilines is 1. The maximum atomic E-state index is 5.75. The van der Waals surface area contributed by atoms with Gasteiger partial charge in [-0.2, -0.15) is 5.10 Å². The maximum absolute atomic E-state index is 5.75. The first kappa shape index (κ1) is 15.9. The van der Waals surface area contributed by atoms with Crippen LogP contribution in [0.5, 0.6) is 0 Å². The Balaban J connectivity index is 2.56. The number of thiocarbonyl (C=S) groups is 1. The van der Waals surface area contributed by atoms with Crippen molar-refractivity contribution in [1.82, 2.24) is 14.7 Å². The van der Waals surface area contributed by atoms with Crippen LogP contribution < -0.4 is 11.1 Å². The smallest absolute Gasteiger partial charge is 0.134 e. The molecule has 0 aliphatic heterocycles. The van der Waals surface area contributed by atoms with Gasteiger partial charge in [-0.25, -0.2) is 0 Å². The van der Waals surface area contributed by atoms with Crippen LogP contribution in [0.3, 0.4) is 0 Å². The topological polar surface area (TPSA) is 59.1 Å². The second kappa shape index (κ2) is 6.86. The van der Waals surface area contributed by atoms with Crippen molar-refractivity contribution in [3.8, 4) is 0 Å². The summed E-state index contributed by atoms with van der Waals surface area (Å²) < 4.78 is 1.80. The number of hydrogen-bond donors (Lipinski definition) is 2. The number of aryl methyl sites for hydroxylation is 2. The molecule has 19 heavy (non-hydrogen) atoms. The number of nitrogens with zero attached hydrogens (tertiary/aromatic N) is 3. The van der Waals surface area contributed by atoms with Gasteiger partial charge in [-0.3, -0.25) is 4.68 Å². The van der Waals surface area contributed by atoms with Gasteiger partial charge in [0.25, 0.3) is 0 Å². The summed E-state index contributed by atoms with van der Waals surface area (Å²) in [5.74, 6) is 0.914. The first-order valence-electron chi connectivity index (χ1n) is 6.62. The molecule has 0 spiro atoms. The molecule has 0 saturated heterocycles. The zero-order valence-electron chi connectivity index (χ0n) is 12.5. The van der Waals surface area contributed by atoms with E-state index in [1.54, 1.807) is 4.68 Å². The minimum absolute atomic E-state index is 0.396. The summed E-state index contributed by atoms with van der Waals surface area (Å²) in [4.78, 5) is 2.72. The number of aromatic nitrogens is 2. The van der Waals surface area contributed by atoms with Crippen LogP contribution in [0.25, 0.3) is 0 Å². The van der Waals surface area contributed by atoms with Crippen LogP contribution in [0.4, 0.5) is 5.82 Å². The van der Waals surface area contributed by atoms with Gasteiger partial charge in [0.15, 0.2) is 0 Å². The molecule has 1 rings (SSSR count). The average Bonchev–Trinajstić information content (AvgIpc) is 2.58. The lowest BCUT2D eigenvalue weighted by Crippen LogP contribution is -2.28. The summed E-state index contributed by atoms with van der Waals surface area (Å²) in [7, 11) is 4.04. The Morgan fingerprint density at radius 1 is 1.53 bits per heavy atom. The number of nitrogens with one attached hydrogen (secondary N) is 1. The minimum Gasteiger partial charge on any atom is -0.389 e. The Labute approximate surface area is 121 Å². The van der Waals surface area contributed by atoms with E-state index in [0.717, 1.165) is 36.6 Å². The highest BCUT2D eigenvalue weighted by atomic mass is 32.1. The lowest BCUT2D eigenvalue weighted by molar-refractivity contribution is 0.273. The average molecular weight is 283 g/mol. The maximum Gasteiger partial charge on any atom is 0.134 e. The van der Waals surface area contributed by atoms with Crippen LogP contribution in [0.15, 0.2) is 0 Å². The van der Waals surface area contributed by atoms with Gasteiger partial charge in [0.1, 0.15) is 10.8 Å². The highest BCUT2D eigenvalue weighted by Gasteiger charge is 2.14. The summed E-state index contributed by atoms with van der Waals surface area (Å²) in [6, 6.07) is 0.575. The molecule has 3 N–H and O–H groups in total. The molecule has 0 amide bonds. The van der Waals surface area contributed by atoms with Crippen molar-refractivity contribution in [2.75, 3.05) is 25.5 Å². The van der Waals surface area contributed by atoms with Gasteiger partial charge in [0, 0.05) is 19.6 Å². The molecule has 0 unspecified atom stereocenters. The number of hydrogen-bond acceptors (Lipinski definition) is 4. The third-order valence-corrected chi connectivity index (χ3v) is 3.53. The quantitative estimate of drug-likeness (QED) is 0.587. The van der Waals surface area contributed by atoms with E-state index in [9.17, 15) is 0 Å². The van der Waals surface area contributed by atoms with E-state index >= 15 is 0 Å². The monoisotopic (exact) mass is 283 g/mol.